The summed E-state index contributed by atoms with van der Waals surface area (Å²) in [5, 5.41) is 8.90. The minimum absolute atomic E-state index is 0.0440. The van der Waals surface area contributed by atoms with Crippen molar-refractivity contribution in [2.75, 3.05) is 7.11 Å². The molecule has 1 aromatic heterocycles. The molecule has 0 aliphatic rings. The highest BCUT2D eigenvalue weighted by Crippen LogP contribution is 2.13. The fourth-order valence-electron chi connectivity index (χ4n) is 0.879. The number of pyridine rings is 1. The average molecular weight is 211 g/mol. The molecule has 0 aliphatic heterocycles. The van der Waals surface area contributed by atoms with E-state index < -0.39 is 5.97 Å². The predicted octanol–water partition coefficient (Wildman–Crippen LogP) is 1.32. The van der Waals surface area contributed by atoms with Crippen molar-refractivity contribution in [2.45, 2.75) is 6.42 Å². The SMILES string of the molecule is COC(=O)Cc1ccc(Cl)c(C#N)n1. The van der Waals surface area contributed by atoms with Gasteiger partial charge >= 0.3 is 5.97 Å². The van der Waals surface area contributed by atoms with Gasteiger partial charge in [-0.15, -0.1) is 0 Å². The Morgan fingerprint density at radius 3 is 3.00 bits per heavy atom. The third kappa shape index (κ3) is 2.44. The summed E-state index contributed by atoms with van der Waals surface area (Å²) in [4.78, 5) is 14.8. The van der Waals surface area contributed by atoms with Gasteiger partial charge in [-0.25, -0.2) is 4.98 Å². The number of nitriles is 1. The van der Waals surface area contributed by atoms with E-state index in [1.807, 2.05) is 6.07 Å². The minimum atomic E-state index is -0.399. The number of ether oxygens (including phenoxy) is 1. The second-order valence-electron chi connectivity index (χ2n) is 2.50. The lowest BCUT2D eigenvalue weighted by atomic mass is 10.2. The molecular weight excluding hydrogens is 204 g/mol. The van der Waals surface area contributed by atoms with E-state index in [1.54, 1.807) is 6.07 Å². The van der Waals surface area contributed by atoms with E-state index in [-0.39, 0.29) is 17.1 Å². The van der Waals surface area contributed by atoms with Crippen LogP contribution in [0, 0.1) is 11.3 Å². The number of methoxy groups -OCH3 is 1. The lowest BCUT2D eigenvalue weighted by molar-refractivity contribution is -0.139. The Morgan fingerprint density at radius 1 is 1.71 bits per heavy atom. The van der Waals surface area contributed by atoms with Gasteiger partial charge < -0.3 is 4.74 Å². The molecule has 0 radical (unpaired) electrons. The number of esters is 1. The van der Waals surface area contributed by atoms with Gasteiger partial charge in [0.1, 0.15) is 6.07 Å². The Hall–Kier alpha value is -1.60. The van der Waals surface area contributed by atoms with Crippen molar-refractivity contribution >= 4 is 17.6 Å². The van der Waals surface area contributed by atoms with Gasteiger partial charge in [0.2, 0.25) is 0 Å². The van der Waals surface area contributed by atoms with Crippen molar-refractivity contribution < 1.29 is 9.53 Å². The van der Waals surface area contributed by atoms with Crippen molar-refractivity contribution in [1.29, 1.82) is 5.26 Å². The molecule has 1 heterocycles. The smallest absolute Gasteiger partial charge is 0.311 e. The van der Waals surface area contributed by atoms with Gasteiger partial charge in [0.25, 0.3) is 0 Å². The molecule has 1 rings (SSSR count). The van der Waals surface area contributed by atoms with E-state index in [1.165, 1.54) is 13.2 Å². The molecule has 4 nitrogen and oxygen atoms in total. The zero-order valence-electron chi connectivity index (χ0n) is 7.45. The highest BCUT2D eigenvalue weighted by atomic mass is 35.5. The molecule has 72 valence electrons. The van der Waals surface area contributed by atoms with Crippen LogP contribution >= 0.6 is 11.6 Å². The molecule has 0 aromatic carbocycles. The maximum absolute atomic E-state index is 10.9. The highest BCUT2D eigenvalue weighted by Gasteiger charge is 2.07. The number of aromatic nitrogens is 1. The number of carbonyl (C=O) groups excluding carboxylic acids is 1. The second kappa shape index (κ2) is 4.58. The lowest BCUT2D eigenvalue weighted by Gasteiger charge is -2.00. The van der Waals surface area contributed by atoms with Gasteiger partial charge in [-0.05, 0) is 12.1 Å². The minimum Gasteiger partial charge on any atom is -0.469 e. The van der Waals surface area contributed by atoms with Crippen molar-refractivity contribution in [3.63, 3.8) is 0 Å². The van der Waals surface area contributed by atoms with Crippen molar-refractivity contribution in [3.8, 4) is 6.07 Å². The van der Waals surface area contributed by atoms with Crippen molar-refractivity contribution in [1.82, 2.24) is 4.98 Å². The van der Waals surface area contributed by atoms with Gasteiger partial charge in [0.05, 0.1) is 24.2 Å². The molecule has 0 atom stereocenters. The fraction of sp³-hybridized carbons (Fsp3) is 0.222. The number of carbonyl (C=O) groups is 1. The number of nitrogens with zero attached hydrogens (tertiary/aromatic N) is 2. The Labute approximate surface area is 86.1 Å². The Bertz CT molecular complexity index is 398. The molecular formula is C9H7ClN2O2. The molecule has 0 spiro atoms. The Balaban J connectivity index is 2.91. The molecule has 0 bridgehead atoms. The summed E-state index contributed by atoms with van der Waals surface area (Å²) >= 11 is 5.67. The Kier molecular flexibility index (Phi) is 3.43. The predicted molar refractivity (Wildman–Crippen MR) is 49.7 cm³/mol. The van der Waals surface area contributed by atoms with Gasteiger partial charge in [0, 0.05) is 0 Å². The van der Waals surface area contributed by atoms with Crippen LogP contribution in [-0.2, 0) is 16.0 Å². The number of rotatable bonds is 2. The third-order valence-corrected chi connectivity index (χ3v) is 1.87. The van der Waals surface area contributed by atoms with Crippen LogP contribution in [0.4, 0.5) is 0 Å². The molecule has 0 amide bonds. The van der Waals surface area contributed by atoms with Gasteiger partial charge in [-0.1, -0.05) is 11.6 Å². The maximum atomic E-state index is 10.9. The highest BCUT2D eigenvalue weighted by molar-refractivity contribution is 6.31. The van der Waals surface area contributed by atoms with E-state index >= 15 is 0 Å². The van der Waals surface area contributed by atoms with Crippen LogP contribution < -0.4 is 0 Å². The largest absolute Gasteiger partial charge is 0.469 e. The standard InChI is InChI=1S/C9H7ClN2O2/c1-14-9(13)4-6-2-3-7(10)8(5-11)12-6/h2-3H,4H2,1H3. The zero-order valence-corrected chi connectivity index (χ0v) is 8.21. The fourth-order valence-corrected chi connectivity index (χ4v) is 1.03. The van der Waals surface area contributed by atoms with E-state index in [4.69, 9.17) is 16.9 Å². The monoisotopic (exact) mass is 210 g/mol. The number of hydrogen-bond donors (Lipinski definition) is 0. The number of hydrogen-bond acceptors (Lipinski definition) is 4. The van der Waals surface area contributed by atoms with Crippen LogP contribution in [0.15, 0.2) is 12.1 Å². The molecule has 0 saturated heterocycles. The average Bonchev–Trinajstić information content (AvgIpc) is 2.20. The quantitative estimate of drug-likeness (QED) is 0.691. The molecule has 14 heavy (non-hydrogen) atoms. The van der Waals surface area contributed by atoms with E-state index in [0.717, 1.165) is 0 Å². The molecule has 0 fully saturated rings. The van der Waals surface area contributed by atoms with Crippen LogP contribution in [0.2, 0.25) is 5.02 Å². The van der Waals surface area contributed by atoms with Crippen molar-refractivity contribution in [2.24, 2.45) is 0 Å². The first-order chi connectivity index (χ1) is 6.67. The lowest BCUT2D eigenvalue weighted by Crippen LogP contribution is -2.06. The molecule has 5 heteroatoms. The molecule has 1 aromatic rings. The summed E-state index contributed by atoms with van der Waals surface area (Å²) < 4.78 is 4.46. The van der Waals surface area contributed by atoms with Crippen LogP contribution in [0.5, 0.6) is 0 Å². The summed E-state index contributed by atoms with van der Waals surface area (Å²) in [5.41, 5.74) is 0.589. The summed E-state index contributed by atoms with van der Waals surface area (Å²) in [6.07, 6.45) is 0.0440. The summed E-state index contributed by atoms with van der Waals surface area (Å²) in [5.74, 6) is -0.399. The van der Waals surface area contributed by atoms with E-state index in [0.29, 0.717) is 5.69 Å². The van der Waals surface area contributed by atoms with Gasteiger partial charge in [0.15, 0.2) is 5.69 Å². The van der Waals surface area contributed by atoms with E-state index in [9.17, 15) is 4.79 Å². The molecule has 0 unspecified atom stereocenters. The molecule has 0 saturated carbocycles. The number of halogens is 1. The van der Waals surface area contributed by atoms with Crippen molar-refractivity contribution in [3.05, 3.63) is 28.5 Å². The van der Waals surface area contributed by atoms with Gasteiger partial charge in [-0.2, -0.15) is 5.26 Å². The maximum Gasteiger partial charge on any atom is 0.311 e. The zero-order chi connectivity index (χ0) is 10.6. The van der Waals surface area contributed by atoms with Crippen LogP contribution in [0.1, 0.15) is 11.4 Å². The van der Waals surface area contributed by atoms with E-state index in [2.05, 4.69) is 9.72 Å². The summed E-state index contributed by atoms with van der Waals surface area (Å²) in [6, 6.07) is 4.95. The second-order valence-corrected chi connectivity index (χ2v) is 2.90. The summed E-state index contributed by atoms with van der Waals surface area (Å²) in [7, 11) is 1.30. The van der Waals surface area contributed by atoms with Gasteiger partial charge in [-0.3, -0.25) is 4.79 Å². The van der Waals surface area contributed by atoms with Crippen LogP contribution in [0.3, 0.4) is 0 Å². The first-order valence-electron chi connectivity index (χ1n) is 3.79. The topological polar surface area (TPSA) is 63.0 Å². The normalized spacial score (nSPS) is 9.21. The first kappa shape index (κ1) is 10.5. The third-order valence-electron chi connectivity index (χ3n) is 1.56. The molecule has 0 aliphatic carbocycles. The van der Waals surface area contributed by atoms with Crippen LogP contribution in [0.25, 0.3) is 0 Å². The van der Waals surface area contributed by atoms with Crippen LogP contribution in [-0.4, -0.2) is 18.1 Å². The summed E-state index contributed by atoms with van der Waals surface area (Å²) in [6.45, 7) is 0. The first-order valence-corrected chi connectivity index (χ1v) is 4.17. The Morgan fingerprint density at radius 2 is 2.43 bits per heavy atom. The molecule has 0 N–H and O–H groups in total.